The molecule has 0 saturated carbocycles. The van der Waals surface area contributed by atoms with Gasteiger partial charge < -0.3 is 4.57 Å². The van der Waals surface area contributed by atoms with Crippen molar-refractivity contribution in [3.05, 3.63) is 59.7 Å². The van der Waals surface area contributed by atoms with E-state index in [4.69, 9.17) is 4.98 Å². The van der Waals surface area contributed by atoms with Crippen molar-refractivity contribution in [1.82, 2.24) is 19.7 Å². The smallest absolute Gasteiger partial charge is 0.211 e. The number of hydrogen-bond donors (Lipinski definition) is 0. The number of thioether (sulfide) groups is 1. The topological polar surface area (TPSA) is 60.7 Å². The van der Waals surface area contributed by atoms with Crippen molar-refractivity contribution in [3.8, 4) is 0 Å². The Morgan fingerprint density at radius 2 is 1.83 bits per heavy atom. The minimum absolute atomic E-state index is 0.0745. The highest BCUT2D eigenvalue weighted by Gasteiger charge is 2.15. The molecule has 0 fully saturated rings. The summed E-state index contributed by atoms with van der Waals surface area (Å²) in [5.41, 5.74) is 4.71. The van der Waals surface area contributed by atoms with Crippen molar-refractivity contribution in [2.45, 2.75) is 44.8 Å². The molecule has 6 heteroatoms. The van der Waals surface area contributed by atoms with Crippen LogP contribution < -0.4 is 0 Å². The minimum Gasteiger partial charge on any atom is -0.324 e. The summed E-state index contributed by atoms with van der Waals surface area (Å²) in [5.74, 6) is 0.873. The number of aromatic nitrogens is 4. The van der Waals surface area contributed by atoms with Crippen molar-refractivity contribution in [1.29, 1.82) is 0 Å². The molecule has 148 valence electrons. The standard InChI is InChI=1S/C23H24N4OS/c1-4-15(3)16-10-12-17(13-11-16)20(28)14-29-23-24-22-21(25-26-23)18-8-6-7-9-19(18)27(22)5-2/h6-13,15H,4-5,14H2,1-3H3/t15-/m1/s1. The molecule has 0 aliphatic rings. The Morgan fingerprint density at radius 1 is 1.07 bits per heavy atom. The van der Waals surface area contributed by atoms with Gasteiger partial charge >= 0.3 is 0 Å². The molecule has 29 heavy (non-hydrogen) atoms. The molecule has 2 aromatic heterocycles. The number of fused-ring (bicyclic) bond motifs is 3. The van der Waals surface area contributed by atoms with Crippen LogP contribution in [0.4, 0.5) is 0 Å². The molecule has 2 aromatic carbocycles. The number of nitrogens with zero attached hydrogens (tertiary/aromatic N) is 4. The third-order valence-electron chi connectivity index (χ3n) is 5.42. The average Bonchev–Trinajstić information content (AvgIpc) is 3.09. The molecule has 0 saturated heterocycles. The maximum Gasteiger partial charge on any atom is 0.211 e. The first-order chi connectivity index (χ1) is 14.1. The number of rotatable bonds is 7. The zero-order valence-electron chi connectivity index (χ0n) is 16.9. The third kappa shape index (κ3) is 3.77. The summed E-state index contributed by atoms with van der Waals surface area (Å²) in [4.78, 5) is 17.3. The zero-order chi connectivity index (χ0) is 20.4. The molecule has 1 atom stereocenters. The molecule has 0 N–H and O–H groups in total. The van der Waals surface area contributed by atoms with E-state index in [1.165, 1.54) is 17.3 Å². The van der Waals surface area contributed by atoms with E-state index >= 15 is 0 Å². The first kappa shape index (κ1) is 19.6. The monoisotopic (exact) mass is 404 g/mol. The van der Waals surface area contributed by atoms with Gasteiger partial charge in [0, 0.05) is 17.5 Å². The Kier molecular flexibility index (Phi) is 5.62. The van der Waals surface area contributed by atoms with E-state index in [0.717, 1.165) is 40.6 Å². The van der Waals surface area contributed by atoms with Crippen LogP contribution >= 0.6 is 11.8 Å². The number of aryl methyl sites for hydroxylation is 1. The number of para-hydroxylation sites is 1. The quantitative estimate of drug-likeness (QED) is 0.301. The molecule has 5 nitrogen and oxygen atoms in total. The molecule has 0 spiro atoms. The van der Waals surface area contributed by atoms with Gasteiger partial charge in [0.1, 0.15) is 5.52 Å². The highest BCUT2D eigenvalue weighted by atomic mass is 32.2. The number of carbonyl (C=O) groups is 1. The van der Waals surface area contributed by atoms with Crippen LogP contribution in [0.3, 0.4) is 0 Å². The molecule has 0 bridgehead atoms. The second-order valence-electron chi connectivity index (χ2n) is 7.17. The third-order valence-corrected chi connectivity index (χ3v) is 6.25. The van der Waals surface area contributed by atoms with Crippen molar-refractivity contribution < 1.29 is 4.79 Å². The fraction of sp³-hybridized carbons (Fsp3) is 0.304. The molecular formula is C23H24N4OS. The zero-order valence-corrected chi connectivity index (χ0v) is 17.7. The van der Waals surface area contributed by atoms with Crippen LogP contribution in [-0.4, -0.2) is 31.3 Å². The lowest BCUT2D eigenvalue weighted by atomic mass is 9.97. The van der Waals surface area contributed by atoms with Gasteiger partial charge in [-0.05, 0) is 30.9 Å². The number of ketones is 1. The van der Waals surface area contributed by atoms with Crippen molar-refractivity contribution in [3.63, 3.8) is 0 Å². The maximum absolute atomic E-state index is 12.6. The van der Waals surface area contributed by atoms with Gasteiger partial charge in [-0.25, -0.2) is 4.98 Å². The van der Waals surface area contributed by atoms with Crippen LogP contribution in [-0.2, 0) is 6.54 Å². The van der Waals surface area contributed by atoms with Gasteiger partial charge in [-0.3, -0.25) is 4.79 Å². The number of hydrogen-bond acceptors (Lipinski definition) is 5. The maximum atomic E-state index is 12.6. The summed E-state index contributed by atoms with van der Waals surface area (Å²) in [6.45, 7) is 7.26. The lowest BCUT2D eigenvalue weighted by Gasteiger charge is -2.09. The van der Waals surface area contributed by atoms with Gasteiger partial charge in [-0.15, -0.1) is 10.2 Å². The molecule has 0 unspecified atom stereocenters. The van der Waals surface area contributed by atoms with E-state index in [1.807, 2.05) is 30.3 Å². The Morgan fingerprint density at radius 3 is 2.55 bits per heavy atom. The van der Waals surface area contributed by atoms with Crippen LogP contribution in [0.15, 0.2) is 53.7 Å². The predicted octanol–water partition coefficient (Wildman–Crippen LogP) is 5.49. The van der Waals surface area contributed by atoms with Gasteiger partial charge in [0.05, 0.1) is 11.3 Å². The summed E-state index contributed by atoms with van der Waals surface area (Å²) in [7, 11) is 0. The van der Waals surface area contributed by atoms with Crippen molar-refractivity contribution >= 4 is 39.6 Å². The van der Waals surface area contributed by atoms with E-state index in [0.29, 0.717) is 16.8 Å². The molecule has 0 aliphatic heterocycles. The Labute approximate surface area is 174 Å². The molecular weight excluding hydrogens is 380 g/mol. The van der Waals surface area contributed by atoms with Gasteiger partial charge in [-0.1, -0.05) is 68.1 Å². The van der Waals surface area contributed by atoms with Crippen LogP contribution in [0.5, 0.6) is 0 Å². The molecule has 0 amide bonds. The lowest BCUT2D eigenvalue weighted by molar-refractivity contribution is 0.102. The highest BCUT2D eigenvalue weighted by Crippen LogP contribution is 2.27. The van der Waals surface area contributed by atoms with E-state index in [1.54, 1.807) is 0 Å². The Balaban J connectivity index is 1.54. The van der Waals surface area contributed by atoms with E-state index < -0.39 is 0 Å². The normalized spacial score (nSPS) is 12.5. The van der Waals surface area contributed by atoms with E-state index in [2.05, 4.69) is 53.7 Å². The summed E-state index contributed by atoms with van der Waals surface area (Å²) in [6, 6.07) is 16.1. The molecule has 0 radical (unpaired) electrons. The molecule has 2 heterocycles. The fourth-order valence-corrected chi connectivity index (χ4v) is 4.19. The van der Waals surface area contributed by atoms with Crippen molar-refractivity contribution in [2.24, 2.45) is 0 Å². The highest BCUT2D eigenvalue weighted by molar-refractivity contribution is 7.99. The predicted molar refractivity (Wildman–Crippen MR) is 119 cm³/mol. The first-order valence-corrected chi connectivity index (χ1v) is 11.0. The van der Waals surface area contributed by atoms with Crippen LogP contribution in [0.2, 0.25) is 0 Å². The fourth-order valence-electron chi connectivity index (χ4n) is 3.52. The Bertz CT molecular complexity index is 1170. The van der Waals surface area contributed by atoms with Gasteiger partial charge in [0.25, 0.3) is 0 Å². The number of Topliss-reactive ketones (excluding diaryl/α,β-unsaturated/α-hetero) is 1. The Hall–Kier alpha value is -2.73. The lowest BCUT2D eigenvalue weighted by Crippen LogP contribution is -2.05. The number of carbonyl (C=O) groups excluding carboxylic acids is 1. The van der Waals surface area contributed by atoms with Crippen LogP contribution in [0.25, 0.3) is 22.1 Å². The first-order valence-electron chi connectivity index (χ1n) is 10.00. The van der Waals surface area contributed by atoms with Crippen molar-refractivity contribution in [2.75, 3.05) is 5.75 Å². The van der Waals surface area contributed by atoms with Gasteiger partial charge in [-0.2, -0.15) is 0 Å². The molecule has 4 aromatic rings. The summed E-state index contributed by atoms with van der Waals surface area (Å²) in [5, 5.41) is 10.2. The van der Waals surface area contributed by atoms with Crippen LogP contribution in [0.1, 0.15) is 49.0 Å². The van der Waals surface area contributed by atoms with Gasteiger partial charge in [0.15, 0.2) is 11.4 Å². The largest absolute Gasteiger partial charge is 0.324 e. The van der Waals surface area contributed by atoms with Crippen LogP contribution in [0, 0.1) is 0 Å². The average molecular weight is 405 g/mol. The van der Waals surface area contributed by atoms with E-state index in [-0.39, 0.29) is 5.78 Å². The summed E-state index contributed by atoms with van der Waals surface area (Å²) < 4.78 is 2.14. The molecule has 4 rings (SSSR count). The molecule has 0 aliphatic carbocycles. The second-order valence-corrected chi connectivity index (χ2v) is 8.11. The van der Waals surface area contributed by atoms with Gasteiger partial charge in [0.2, 0.25) is 5.16 Å². The second kappa shape index (κ2) is 8.33. The van der Waals surface area contributed by atoms with E-state index in [9.17, 15) is 4.79 Å². The SMILES string of the molecule is CC[C@@H](C)c1ccc(C(=O)CSc2nnc3c4ccccc4n(CC)c3n2)cc1. The minimum atomic E-state index is 0.0745. The summed E-state index contributed by atoms with van der Waals surface area (Å²) >= 11 is 1.33. The number of benzene rings is 2. The summed E-state index contributed by atoms with van der Waals surface area (Å²) in [6.07, 6.45) is 1.09.